The summed E-state index contributed by atoms with van der Waals surface area (Å²) in [7, 11) is 0. The van der Waals surface area contributed by atoms with E-state index in [-0.39, 0.29) is 5.91 Å². The summed E-state index contributed by atoms with van der Waals surface area (Å²) in [5, 5.41) is 8.80. The van der Waals surface area contributed by atoms with Gasteiger partial charge in [0.2, 0.25) is 0 Å². The molecule has 0 bridgehead atoms. The van der Waals surface area contributed by atoms with E-state index in [0.29, 0.717) is 43.5 Å². The van der Waals surface area contributed by atoms with Gasteiger partial charge in [-0.1, -0.05) is 30.3 Å². The van der Waals surface area contributed by atoms with Crippen LogP contribution in [0.4, 0.5) is 0 Å². The molecule has 1 unspecified atom stereocenters. The second-order valence-electron chi connectivity index (χ2n) is 7.53. The highest BCUT2D eigenvalue weighted by Gasteiger charge is 2.27. The molecular formula is C23H27NO5. The van der Waals surface area contributed by atoms with Crippen LogP contribution in [0.2, 0.25) is 0 Å². The number of benzene rings is 2. The van der Waals surface area contributed by atoms with Crippen LogP contribution in [0.1, 0.15) is 33.5 Å². The van der Waals surface area contributed by atoms with Crippen molar-refractivity contribution in [2.24, 2.45) is 5.92 Å². The van der Waals surface area contributed by atoms with Crippen LogP contribution in [0.5, 0.6) is 5.75 Å². The zero-order chi connectivity index (χ0) is 20.8. The molecule has 1 N–H and O–H groups in total. The van der Waals surface area contributed by atoms with Crippen molar-refractivity contribution >= 4 is 11.9 Å². The van der Waals surface area contributed by atoms with Crippen molar-refractivity contribution in [3.05, 3.63) is 64.7 Å². The lowest BCUT2D eigenvalue weighted by Crippen LogP contribution is -2.29. The predicted octanol–water partition coefficient (Wildman–Crippen LogP) is 3.45. The molecule has 1 fully saturated rings. The van der Waals surface area contributed by atoms with E-state index >= 15 is 0 Å². The summed E-state index contributed by atoms with van der Waals surface area (Å²) in [5.41, 5.74) is 3.27. The van der Waals surface area contributed by atoms with Gasteiger partial charge in [0, 0.05) is 24.6 Å². The molecule has 0 aliphatic carbocycles. The first-order valence-corrected chi connectivity index (χ1v) is 9.81. The lowest BCUT2D eigenvalue weighted by atomic mass is 10.0. The smallest absolute Gasteiger partial charge is 0.341 e. The molecule has 0 radical (unpaired) electrons. The summed E-state index contributed by atoms with van der Waals surface area (Å²) in [5.74, 6) is -0.173. The normalized spacial score (nSPS) is 16.1. The topological polar surface area (TPSA) is 76.1 Å². The Kier molecular flexibility index (Phi) is 6.88. The Bertz CT molecular complexity index is 842. The maximum Gasteiger partial charge on any atom is 0.341 e. The fourth-order valence-corrected chi connectivity index (χ4v) is 3.69. The maximum atomic E-state index is 12.9. The number of hydrogen-bond acceptors (Lipinski definition) is 4. The van der Waals surface area contributed by atoms with E-state index in [2.05, 4.69) is 0 Å². The average molecular weight is 397 g/mol. The van der Waals surface area contributed by atoms with E-state index in [1.807, 2.05) is 49.1 Å². The van der Waals surface area contributed by atoms with Gasteiger partial charge >= 0.3 is 5.97 Å². The van der Waals surface area contributed by atoms with Crippen molar-refractivity contribution in [1.82, 2.24) is 4.90 Å². The van der Waals surface area contributed by atoms with Gasteiger partial charge in [-0.15, -0.1) is 0 Å². The number of carbonyl (C=O) groups is 2. The van der Waals surface area contributed by atoms with Crippen LogP contribution in [0.3, 0.4) is 0 Å². The molecule has 1 aliphatic rings. The fourth-order valence-electron chi connectivity index (χ4n) is 3.69. The quantitative estimate of drug-likeness (QED) is 0.738. The minimum Gasteiger partial charge on any atom is -0.481 e. The van der Waals surface area contributed by atoms with Crippen molar-refractivity contribution in [2.45, 2.75) is 26.9 Å². The second-order valence-corrected chi connectivity index (χ2v) is 7.53. The molecule has 6 nitrogen and oxygen atoms in total. The predicted molar refractivity (Wildman–Crippen MR) is 109 cm³/mol. The van der Waals surface area contributed by atoms with Crippen molar-refractivity contribution in [1.29, 1.82) is 0 Å². The number of amides is 1. The summed E-state index contributed by atoms with van der Waals surface area (Å²) in [6.07, 6.45) is 0.929. The van der Waals surface area contributed by atoms with Crippen LogP contribution in [0.15, 0.2) is 42.5 Å². The summed E-state index contributed by atoms with van der Waals surface area (Å²) in [4.78, 5) is 25.5. The summed E-state index contributed by atoms with van der Waals surface area (Å²) in [6, 6.07) is 13.6. The molecule has 2 aromatic carbocycles. The molecule has 3 rings (SSSR count). The van der Waals surface area contributed by atoms with E-state index in [0.717, 1.165) is 23.1 Å². The van der Waals surface area contributed by atoms with Gasteiger partial charge < -0.3 is 19.5 Å². The van der Waals surface area contributed by atoms with Gasteiger partial charge in [0.15, 0.2) is 6.61 Å². The lowest BCUT2D eigenvalue weighted by molar-refractivity contribution is -0.139. The first-order valence-electron chi connectivity index (χ1n) is 9.81. The van der Waals surface area contributed by atoms with Gasteiger partial charge in [-0.2, -0.15) is 0 Å². The molecule has 6 heteroatoms. The minimum absolute atomic E-state index is 0.00783. The molecule has 2 aromatic rings. The molecule has 1 heterocycles. The summed E-state index contributed by atoms with van der Waals surface area (Å²) < 4.78 is 11.2. The highest BCUT2D eigenvalue weighted by atomic mass is 16.5. The second kappa shape index (κ2) is 9.56. The van der Waals surface area contributed by atoms with E-state index in [1.165, 1.54) is 0 Å². The van der Waals surface area contributed by atoms with Crippen LogP contribution in [0.25, 0.3) is 0 Å². The zero-order valence-corrected chi connectivity index (χ0v) is 16.9. The van der Waals surface area contributed by atoms with E-state index in [4.69, 9.17) is 14.6 Å². The van der Waals surface area contributed by atoms with Crippen molar-refractivity contribution < 1.29 is 24.2 Å². The Morgan fingerprint density at radius 2 is 1.83 bits per heavy atom. The van der Waals surface area contributed by atoms with Gasteiger partial charge in [0.25, 0.3) is 5.91 Å². The standard InChI is InChI=1S/C23H27NO5/c1-16-10-20(11-17(2)22(16)29-15-21(25)26)23(27)24-9-8-19(12-24)14-28-13-18-6-4-3-5-7-18/h3-7,10-11,19H,8-9,12-15H2,1-2H3,(H,25,26). The molecule has 29 heavy (non-hydrogen) atoms. The zero-order valence-electron chi connectivity index (χ0n) is 16.9. The van der Waals surface area contributed by atoms with Gasteiger partial charge in [-0.05, 0) is 49.1 Å². The van der Waals surface area contributed by atoms with Crippen LogP contribution in [-0.4, -0.2) is 48.2 Å². The lowest BCUT2D eigenvalue weighted by Gasteiger charge is -2.19. The number of ether oxygens (including phenoxy) is 2. The molecule has 0 spiro atoms. The Labute approximate surface area is 171 Å². The van der Waals surface area contributed by atoms with Crippen LogP contribution in [-0.2, 0) is 16.1 Å². The van der Waals surface area contributed by atoms with E-state index in [1.54, 1.807) is 12.1 Å². The summed E-state index contributed by atoms with van der Waals surface area (Å²) in [6.45, 7) is 5.87. The number of aliphatic carboxylic acids is 1. The average Bonchev–Trinajstić information content (AvgIpc) is 3.16. The third-order valence-electron chi connectivity index (χ3n) is 5.09. The molecule has 0 aromatic heterocycles. The number of nitrogens with zero attached hydrogens (tertiary/aromatic N) is 1. The molecule has 0 saturated carbocycles. The Morgan fingerprint density at radius 1 is 1.14 bits per heavy atom. The monoisotopic (exact) mass is 397 g/mol. The number of carboxylic acids is 1. The van der Waals surface area contributed by atoms with Crippen LogP contribution < -0.4 is 4.74 Å². The molecule has 1 aliphatic heterocycles. The highest BCUT2D eigenvalue weighted by molar-refractivity contribution is 5.95. The minimum atomic E-state index is -1.03. The van der Waals surface area contributed by atoms with E-state index in [9.17, 15) is 9.59 Å². The van der Waals surface area contributed by atoms with Gasteiger partial charge in [0.05, 0.1) is 13.2 Å². The van der Waals surface area contributed by atoms with Gasteiger partial charge in [0.1, 0.15) is 5.75 Å². The number of carboxylic acid groups (broad SMARTS) is 1. The molecule has 1 atom stereocenters. The number of likely N-dealkylation sites (tertiary alicyclic amines) is 1. The van der Waals surface area contributed by atoms with Crippen molar-refractivity contribution in [3.63, 3.8) is 0 Å². The largest absolute Gasteiger partial charge is 0.481 e. The first kappa shape index (κ1) is 20.9. The number of carbonyl (C=O) groups excluding carboxylic acids is 1. The Morgan fingerprint density at radius 3 is 2.48 bits per heavy atom. The molecule has 154 valence electrons. The number of aryl methyl sites for hydroxylation is 2. The van der Waals surface area contributed by atoms with Gasteiger partial charge in [-0.25, -0.2) is 4.79 Å². The number of rotatable bonds is 8. The Hall–Kier alpha value is -2.86. The third kappa shape index (κ3) is 5.57. The first-order chi connectivity index (χ1) is 13.9. The number of hydrogen-bond donors (Lipinski definition) is 1. The fraction of sp³-hybridized carbons (Fsp3) is 0.391. The van der Waals surface area contributed by atoms with Crippen molar-refractivity contribution in [3.8, 4) is 5.75 Å². The maximum absolute atomic E-state index is 12.9. The summed E-state index contributed by atoms with van der Waals surface area (Å²) >= 11 is 0. The molecular weight excluding hydrogens is 370 g/mol. The van der Waals surface area contributed by atoms with Gasteiger partial charge in [-0.3, -0.25) is 4.79 Å². The SMILES string of the molecule is Cc1cc(C(=O)N2CCC(COCc3ccccc3)C2)cc(C)c1OCC(=O)O. The molecule has 1 saturated heterocycles. The van der Waals surface area contributed by atoms with Crippen molar-refractivity contribution in [2.75, 3.05) is 26.3 Å². The highest BCUT2D eigenvalue weighted by Crippen LogP contribution is 2.27. The molecule has 1 amide bonds. The van der Waals surface area contributed by atoms with E-state index < -0.39 is 12.6 Å². The van der Waals surface area contributed by atoms with Crippen LogP contribution >= 0.6 is 0 Å². The Balaban J connectivity index is 1.54. The van der Waals surface area contributed by atoms with Crippen LogP contribution in [0, 0.1) is 19.8 Å². The third-order valence-corrected chi connectivity index (χ3v) is 5.09.